The number of nitrogens with zero attached hydrogens (tertiary/aromatic N) is 4. The summed E-state index contributed by atoms with van der Waals surface area (Å²) < 4.78 is 14.7. The highest BCUT2D eigenvalue weighted by Gasteiger charge is 2.19. The van der Waals surface area contributed by atoms with Crippen molar-refractivity contribution < 1.29 is 13.9 Å². The zero-order valence-corrected chi connectivity index (χ0v) is 18.6. The van der Waals surface area contributed by atoms with Gasteiger partial charge in [0.25, 0.3) is 0 Å². The quantitative estimate of drug-likeness (QED) is 0.280. The van der Waals surface area contributed by atoms with Crippen LogP contribution in [0.15, 0.2) is 83.5 Å². The molecule has 7 nitrogen and oxygen atoms in total. The molecule has 0 spiro atoms. The SMILES string of the molecule is COC(=O)CN(Cc1ccccc1)Cn1nc(-c2ccco2)n(Cc2ccccc2)c1=S. The average molecular weight is 449 g/mol. The van der Waals surface area contributed by atoms with E-state index in [-0.39, 0.29) is 12.5 Å². The Hall–Kier alpha value is -3.49. The normalized spacial score (nSPS) is 11.1. The van der Waals surface area contributed by atoms with Crippen molar-refractivity contribution in [2.75, 3.05) is 13.7 Å². The third kappa shape index (κ3) is 5.22. The van der Waals surface area contributed by atoms with Gasteiger partial charge in [-0.1, -0.05) is 60.7 Å². The molecule has 2 aromatic heterocycles. The van der Waals surface area contributed by atoms with Crippen LogP contribution in [0, 0.1) is 4.77 Å². The molecule has 0 saturated carbocycles. The maximum Gasteiger partial charge on any atom is 0.319 e. The van der Waals surface area contributed by atoms with Crippen molar-refractivity contribution >= 4 is 18.2 Å². The summed E-state index contributed by atoms with van der Waals surface area (Å²) in [4.78, 5) is 14.0. The molecule has 0 unspecified atom stereocenters. The molecule has 8 heteroatoms. The zero-order valence-electron chi connectivity index (χ0n) is 17.8. The van der Waals surface area contributed by atoms with Crippen LogP contribution in [0.4, 0.5) is 0 Å². The Balaban J connectivity index is 1.67. The maximum absolute atomic E-state index is 12.0. The van der Waals surface area contributed by atoms with Crippen LogP contribution >= 0.6 is 12.2 Å². The fourth-order valence-electron chi connectivity index (χ4n) is 3.46. The molecule has 0 fully saturated rings. The lowest BCUT2D eigenvalue weighted by Gasteiger charge is -2.20. The number of furan rings is 1. The molecule has 0 aliphatic carbocycles. The van der Waals surface area contributed by atoms with Crippen LogP contribution in [0.3, 0.4) is 0 Å². The molecule has 2 heterocycles. The summed E-state index contributed by atoms with van der Waals surface area (Å²) in [5.41, 5.74) is 2.18. The molecule has 164 valence electrons. The number of benzene rings is 2. The number of aromatic nitrogens is 3. The number of methoxy groups -OCH3 is 1. The van der Waals surface area contributed by atoms with Gasteiger partial charge in [0.1, 0.15) is 0 Å². The largest absolute Gasteiger partial charge is 0.468 e. The molecule has 0 bridgehead atoms. The van der Waals surface area contributed by atoms with Crippen LogP contribution in [-0.2, 0) is 29.3 Å². The van der Waals surface area contributed by atoms with Gasteiger partial charge in [0.2, 0.25) is 0 Å². The van der Waals surface area contributed by atoms with Crippen LogP contribution in [0.25, 0.3) is 11.6 Å². The Morgan fingerprint density at radius 3 is 2.34 bits per heavy atom. The Kier molecular flexibility index (Phi) is 6.94. The number of ether oxygens (including phenoxy) is 1. The van der Waals surface area contributed by atoms with Crippen LogP contribution in [0.5, 0.6) is 0 Å². The van der Waals surface area contributed by atoms with Crippen LogP contribution in [0.1, 0.15) is 11.1 Å². The highest BCUT2D eigenvalue weighted by molar-refractivity contribution is 7.71. The Bertz CT molecular complexity index is 1200. The van der Waals surface area contributed by atoms with E-state index in [9.17, 15) is 4.79 Å². The Labute approximate surface area is 191 Å². The molecule has 0 amide bonds. The van der Waals surface area contributed by atoms with E-state index in [1.54, 1.807) is 10.9 Å². The smallest absolute Gasteiger partial charge is 0.319 e. The third-order valence-electron chi connectivity index (χ3n) is 5.01. The molecular formula is C24H24N4O3S. The second kappa shape index (κ2) is 10.2. The van der Waals surface area contributed by atoms with Gasteiger partial charge in [0, 0.05) is 6.54 Å². The van der Waals surface area contributed by atoms with E-state index in [0.717, 1.165) is 11.1 Å². The molecule has 0 N–H and O–H groups in total. The van der Waals surface area contributed by atoms with Gasteiger partial charge in [-0.25, -0.2) is 4.68 Å². The van der Waals surface area contributed by atoms with E-state index < -0.39 is 0 Å². The lowest BCUT2D eigenvalue weighted by molar-refractivity contribution is -0.142. The van der Waals surface area contributed by atoms with Crippen LogP contribution in [-0.4, -0.2) is 38.9 Å². The van der Waals surface area contributed by atoms with Gasteiger partial charge in [-0.3, -0.25) is 14.3 Å². The van der Waals surface area contributed by atoms with Gasteiger partial charge in [-0.05, 0) is 35.5 Å². The van der Waals surface area contributed by atoms with E-state index in [4.69, 9.17) is 26.5 Å². The van der Waals surface area contributed by atoms with Crippen LogP contribution < -0.4 is 0 Å². The summed E-state index contributed by atoms with van der Waals surface area (Å²) in [7, 11) is 1.39. The molecule has 0 atom stereocenters. The van der Waals surface area contributed by atoms with E-state index in [1.807, 2.05) is 82.3 Å². The number of carbonyl (C=O) groups is 1. The van der Waals surface area contributed by atoms with Gasteiger partial charge in [0.15, 0.2) is 16.4 Å². The van der Waals surface area contributed by atoms with Crippen molar-refractivity contribution in [1.82, 2.24) is 19.2 Å². The first-order valence-corrected chi connectivity index (χ1v) is 10.6. The fraction of sp³-hybridized carbons (Fsp3) is 0.208. The van der Waals surface area contributed by atoms with E-state index >= 15 is 0 Å². The predicted molar refractivity (Wildman–Crippen MR) is 123 cm³/mol. The monoisotopic (exact) mass is 448 g/mol. The summed E-state index contributed by atoms with van der Waals surface area (Å²) in [5.74, 6) is 0.956. The van der Waals surface area contributed by atoms with Gasteiger partial charge >= 0.3 is 5.97 Å². The topological polar surface area (TPSA) is 65.4 Å². The molecule has 2 aromatic carbocycles. The summed E-state index contributed by atoms with van der Waals surface area (Å²) in [5, 5.41) is 4.75. The summed E-state index contributed by atoms with van der Waals surface area (Å²) in [6.45, 7) is 1.57. The summed E-state index contributed by atoms with van der Waals surface area (Å²) >= 11 is 5.79. The number of hydrogen-bond donors (Lipinski definition) is 0. The van der Waals surface area contributed by atoms with E-state index in [0.29, 0.717) is 36.1 Å². The first-order valence-electron chi connectivity index (χ1n) is 10.2. The molecule has 0 aliphatic rings. The maximum atomic E-state index is 12.0. The minimum Gasteiger partial charge on any atom is -0.468 e. The van der Waals surface area contributed by atoms with E-state index in [1.165, 1.54) is 7.11 Å². The van der Waals surface area contributed by atoms with Gasteiger partial charge in [-0.2, -0.15) is 0 Å². The van der Waals surface area contributed by atoms with Crippen molar-refractivity contribution in [3.05, 3.63) is 95.0 Å². The predicted octanol–water partition coefficient (Wildman–Crippen LogP) is 4.36. The number of carbonyl (C=O) groups excluding carboxylic acids is 1. The van der Waals surface area contributed by atoms with Gasteiger partial charge in [-0.15, -0.1) is 5.10 Å². The van der Waals surface area contributed by atoms with Gasteiger partial charge in [0.05, 0.1) is 33.1 Å². The second-order valence-corrected chi connectivity index (χ2v) is 7.71. The summed E-state index contributed by atoms with van der Waals surface area (Å²) in [6, 6.07) is 23.7. The average Bonchev–Trinajstić information content (AvgIpc) is 3.45. The lowest BCUT2D eigenvalue weighted by Crippen LogP contribution is -2.32. The highest BCUT2D eigenvalue weighted by Crippen LogP contribution is 2.21. The van der Waals surface area contributed by atoms with Crippen molar-refractivity contribution in [2.24, 2.45) is 0 Å². The number of hydrogen-bond acceptors (Lipinski definition) is 6. The molecule has 0 radical (unpaired) electrons. The van der Waals surface area contributed by atoms with Crippen molar-refractivity contribution in [1.29, 1.82) is 0 Å². The van der Waals surface area contributed by atoms with Crippen LogP contribution in [0.2, 0.25) is 0 Å². The molecule has 0 aliphatic heterocycles. The molecule has 4 rings (SSSR count). The molecule has 0 saturated heterocycles. The first-order chi connectivity index (χ1) is 15.6. The zero-order chi connectivity index (χ0) is 22.3. The molecule has 4 aromatic rings. The minimum absolute atomic E-state index is 0.120. The third-order valence-corrected chi connectivity index (χ3v) is 5.44. The number of esters is 1. The van der Waals surface area contributed by atoms with E-state index in [2.05, 4.69) is 0 Å². The molecular weight excluding hydrogens is 424 g/mol. The molecule has 32 heavy (non-hydrogen) atoms. The van der Waals surface area contributed by atoms with Crippen molar-refractivity contribution in [2.45, 2.75) is 19.8 Å². The lowest BCUT2D eigenvalue weighted by atomic mass is 10.2. The minimum atomic E-state index is -0.317. The Morgan fingerprint density at radius 2 is 1.72 bits per heavy atom. The second-order valence-electron chi connectivity index (χ2n) is 7.34. The van der Waals surface area contributed by atoms with Gasteiger partial charge < -0.3 is 9.15 Å². The Morgan fingerprint density at radius 1 is 1.03 bits per heavy atom. The first kappa shape index (κ1) is 21.7. The highest BCUT2D eigenvalue weighted by atomic mass is 32.1. The summed E-state index contributed by atoms with van der Waals surface area (Å²) in [6.07, 6.45) is 1.61. The van der Waals surface area contributed by atoms with Crippen molar-refractivity contribution in [3.8, 4) is 11.6 Å². The number of rotatable bonds is 9. The fourth-order valence-corrected chi connectivity index (χ4v) is 3.71. The van der Waals surface area contributed by atoms with Crippen molar-refractivity contribution in [3.63, 3.8) is 0 Å². The standard InChI is InChI=1S/C24H24N4O3S/c1-30-22(29)17-26(15-19-9-4-2-5-10-19)18-28-24(32)27(16-20-11-6-3-7-12-20)23(25-28)21-13-8-14-31-21/h2-14H,15-18H2,1H3.